The van der Waals surface area contributed by atoms with Crippen molar-refractivity contribution >= 4 is 75.3 Å². The number of fused-ring (bicyclic) bond motifs is 9. The van der Waals surface area contributed by atoms with E-state index in [0.29, 0.717) is 17.5 Å². The Labute approximate surface area is 330 Å². The molecule has 0 atom stereocenters. The second kappa shape index (κ2) is 12.6. The zero-order valence-corrected chi connectivity index (χ0v) is 31.2. The second-order valence-corrected chi connectivity index (χ2v) is 15.4. The predicted octanol–water partition coefficient (Wildman–Crippen LogP) is 13.9. The fourth-order valence-electron chi connectivity index (χ4n) is 8.50. The minimum atomic E-state index is 0.567. The molecule has 0 unspecified atom stereocenters. The van der Waals surface area contributed by atoms with Gasteiger partial charge in [-0.1, -0.05) is 140 Å². The van der Waals surface area contributed by atoms with Crippen LogP contribution in [0.1, 0.15) is 0 Å². The van der Waals surface area contributed by atoms with Gasteiger partial charge >= 0.3 is 0 Å². The van der Waals surface area contributed by atoms with Crippen LogP contribution in [0.25, 0.3) is 115 Å². The number of hydrogen-bond donors (Lipinski definition) is 0. The number of rotatable bonds is 5. The zero-order valence-electron chi connectivity index (χ0n) is 30.4. The summed E-state index contributed by atoms with van der Waals surface area (Å²) in [7, 11) is 0. The van der Waals surface area contributed by atoms with E-state index in [0.717, 1.165) is 49.8 Å². The number of para-hydroxylation sites is 4. The van der Waals surface area contributed by atoms with E-state index in [1.165, 1.54) is 47.7 Å². The van der Waals surface area contributed by atoms with Gasteiger partial charge in [-0.3, -0.25) is 0 Å². The maximum absolute atomic E-state index is 6.97. The van der Waals surface area contributed by atoms with Gasteiger partial charge in [0.25, 0.3) is 0 Å². The van der Waals surface area contributed by atoms with Crippen LogP contribution in [0.5, 0.6) is 0 Å². The summed E-state index contributed by atoms with van der Waals surface area (Å²) in [5.41, 5.74) is 9.98. The van der Waals surface area contributed by atoms with Crippen molar-refractivity contribution < 1.29 is 4.42 Å². The molecule has 12 aromatic rings. The molecule has 0 amide bonds. The van der Waals surface area contributed by atoms with E-state index in [2.05, 4.69) is 120 Å². The summed E-state index contributed by atoms with van der Waals surface area (Å²) in [5, 5.41) is 7.06. The third-order valence-corrected chi connectivity index (χ3v) is 12.2. The van der Waals surface area contributed by atoms with Gasteiger partial charge in [-0.15, -0.1) is 11.3 Å². The van der Waals surface area contributed by atoms with Gasteiger partial charge in [-0.25, -0.2) is 15.0 Å². The lowest BCUT2D eigenvalue weighted by Gasteiger charge is -2.10. The highest BCUT2D eigenvalue weighted by atomic mass is 32.1. The van der Waals surface area contributed by atoms with E-state index in [9.17, 15) is 0 Å². The van der Waals surface area contributed by atoms with Crippen molar-refractivity contribution in [1.29, 1.82) is 0 Å². The highest BCUT2D eigenvalue weighted by molar-refractivity contribution is 7.25. The van der Waals surface area contributed by atoms with Crippen molar-refractivity contribution in [2.45, 2.75) is 0 Å². The summed E-state index contributed by atoms with van der Waals surface area (Å²) in [6, 6.07) is 63.7. The quantitative estimate of drug-likeness (QED) is 0.176. The molecule has 0 aliphatic rings. The molecule has 4 aromatic heterocycles. The van der Waals surface area contributed by atoms with Crippen molar-refractivity contribution in [3.8, 4) is 51.0 Å². The van der Waals surface area contributed by atoms with Crippen LogP contribution in [-0.4, -0.2) is 19.5 Å². The Morgan fingerprint density at radius 3 is 1.60 bits per heavy atom. The van der Waals surface area contributed by atoms with Crippen molar-refractivity contribution in [2.24, 2.45) is 0 Å². The Bertz CT molecular complexity index is 3420. The van der Waals surface area contributed by atoms with E-state index >= 15 is 0 Å². The average molecular weight is 747 g/mol. The van der Waals surface area contributed by atoms with Crippen molar-refractivity contribution in [1.82, 2.24) is 19.5 Å². The van der Waals surface area contributed by atoms with Gasteiger partial charge in [-0.2, -0.15) is 0 Å². The third-order valence-electron chi connectivity index (χ3n) is 11.1. The van der Waals surface area contributed by atoms with Crippen LogP contribution in [0.4, 0.5) is 0 Å². The number of nitrogens with zero attached hydrogens (tertiary/aromatic N) is 4. The number of hydrogen-bond acceptors (Lipinski definition) is 5. The highest BCUT2D eigenvalue weighted by Crippen LogP contribution is 2.44. The van der Waals surface area contributed by atoms with Crippen LogP contribution in [0, 0.1) is 0 Å². The number of furan rings is 1. The van der Waals surface area contributed by atoms with Crippen molar-refractivity contribution in [3.05, 3.63) is 182 Å². The Morgan fingerprint density at radius 1 is 0.386 bits per heavy atom. The van der Waals surface area contributed by atoms with Crippen LogP contribution in [-0.2, 0) is 0 Å². The molecule has 57 heavy (non-hydrogen) atoms. The van der Waals surface area contributed by atoms with Gasteiger partial charge in [0.2, 0.25) is 0 Å². The maximum atomic E-state index is 6.97. The Balaban J connectivity index is 1.06. The Hall–Kier alpha value is -7.41. The summed E-state index contributed by atoms with van der Waals surface area (Å²) in [5.74, 6) is 1.80. The molecule has 266 valence electrons. The second-order valence-electron chi connectivity index (χ2n) is 14.3. The van der Waals surface area contributed by atoms with E-state index in [1.807, 2.05) is 78.1 Å². The molecular formula is C51H30N4OS. The van der Waals surface area contributed by atoms with Crippen LogP contribution in [0.3, 0.4) is 0 Å². The van der Waals surface area contributed by atoms with E-state index in [4.69, 9.17) is 19.4 Å². The summed E-state index contributed by atoms with van der Waals surface area (Å²) in [6.07, 6.45) is 0. The van der Waals surface area contributed by atoms with Gasteiger partial charge in [0, 0.05) is 58.4 Å². The molecular weight excluding hydrogens is 717 g/mol. The summed E-state index contributed by atoms with van der Waals surface area (Å²) in [6.45, 7) is 0. The van der Waals surface area contributed by atoms with Gasteiger partial charge in [0.05, 0.1) is 22.3 Å². The highest BCUT2D eigenvalue weighted by Gasteiger charge is 2.21. The fourth-order valence-corrected chi connectivity index (χ4v) is 9.60. The van der Waals surface area contributed by atoms with Crippen LogP contribution in [0.2, 0.25) is 0 Å². The maximum Gasteiger partial charge on any atom is 0.167 e. The Kier molecular flexibility index (Phi) is 7.03. The largest absolute Gasteiger partial charge is 0.455 e. The summed E-state index contributed by atoms with van der Waals surface area (Å²) < 4.78 is 11.9. The average Bonchev–Trinajstić information content (AvgIpc) is 3.96. The SMILES string of the molecule is c1ccc(-c2nc(-c3ccccc3)nc(-c3cccc4c3oc3c(-c5ccc6sc7cccc(-n8c9ccccc9c9ccccc98)c7c6c5)cccc34)n2)cc1. The van der Waals surface area contributed by atoms with Crippen LogP contribution >= 0.6 is 11.3 Å². The first-order valence-electron chi connectivity index (χ1n) is 19.0. The topological polar surface area (TPSA) is 56.7 Å². The standard InChI is InChI=1S/C51H30N4OS/c1-3-14-31(15-4-1)49-52-50(32-16-5-2-6-17-32)54-51(53-49)39-23-12-22-38-37-21-11-20-34(47(37)56-48(38)39)33-28-29-44-40(30-33)46-43(26-13-27-45(46)57-44)55-41-24-9-7-18-35(41)36-19-8-10-25-42(36)55/h1-30H. The molecule has 0 bridgehead atoms. The van der Waals surface area contributed by atoms with Gasteiger partial charge in [-0.05, 0) is 48.0 Å². The lowest BCUT2D eigenvalue weighted by molar-refractivity contribution is 0.670. The van der Waals surface area contributed by atoms with E-state index in [-0.39, 0.29) is 0 Å². The molecule has 0 N–H and O–H groups in total. The molecule has 0 fully saturated rings. The molecule has 8 aromatic carbocycles. The van der Waals surface area contributed by atoms with E-state index < -0.39 is 0 Å². The minimum absolute atomic E-state index is 0.567. The number of benzene rings is 8. The molecule has 4 heterocycles. The molecule has 0 saturated carbocycles. The normalized spacial score (nSPS) is 11.9. The first-order valence-corrected chi connectivity index (χ1v) is 19.8. The van der Waals surface area contributed by atoms with Crippen LogP contribution in [0.15, 0.2) is 186 Å². The molecule has 0 radical (unpaired) electrons. The first-order chi connectivity index (χ1) is 28.3. The summed E-state index contributed by atoms with van der Waals surface area (Å²) >= 11 is 1.84. The Morgan fingerprint density at radius 2 is 0.930 bits per heavy atom. The van der Waals surface area contributed by atoms with Gasteiger partial charge < -0.3 is 8.98 Å². The molecule has 0 spiro atoms. The van der Waals surface area contributed by atoms with Gasteiger partial charge in [0.1, 0.15) is 11.2 Å². The number of aromatic nitrogens is 4. The predicted molar refractivity (Wildman–Crippen MR) is 236 cm³/mol. The molecule has 5 nitrogen and oxygen atoms in total. The van der Waals surface area contributed by atoms with Crippen molar-refractivity contribution in [2.75, 3.05) is 0 Å². The molecule has 12 rings (SSSR count). The lowest BCUT2D eigenvalue weighted by atomic mass is 9.99. The van der Waals surface area contributed by atoms with Crippen molar-refractivity contribution in [3.63, 3.8) is 0 Å². The zero-order chi connectivity index (χ0) is 37.5. The monoisotopic (exact) mass is 746 g/mol. The van der Waals surface area contributed by atoms with E-state index in [1.54, 1.807) is 0 Å². The third kappa shape index (κ3) is 4.98. The smallest absolute Gasteiger partial charge is 0.167 e. The molecule has 0 aliphatic carbocycles. The lowest BCUT2D eigenvalue weighted by Crippen LogP contribution is -2.00. The first kappa shape index (κ1) is 31.9. The summed E-state index contributed by atoms with van der Waals surface area (Å²) in [4.78, 5) is 15.0. The van der Waals surface area contributed by atoms with Crippen LogP contribution < -0.4 is 0 Å². The minimum Gasteiger partial charge on any atom is -0.455 e. The fraction of sp³-hybridized carbons (Fsp3) is 0. The van der Waals surface area contributed by atoms with Gasteiger partial charge in [0.15, 0.2) is 17.5 Å². The molecule has 6 heteroatoms. The molecule has 0 aliphatic heterocycles. The molecule has 0 saturated heterocycles. The number of thiophene rings is 1.